The third-order valence-electron chi connectivity index (χ3n) is 3.26. The van der Waals surface area contributed by atoms with Gasteiger partial charge in [0.2, 0.25) is 0 Å². The molecule has 1 aromatic heterocycles. The molecule has 1 amide bonds. The molecule has 0 aromatic carbocycles. The van der Waals surface area contributed by atoms with Crippen LogP contribution in [0.25, 0.3) is 0 Å². The lowest BCUT2D eigenvalue weighted by Crippen LogP contribution is -2.41. The van der Waals surface area contributed by atoms with Gasteiger partial charge in [-0.2, -0.15) is 0 Å². The van der Waals surface area contributed by atoms with Crippen LogP contribution < -0.4 is 0 Å². The maximum absolute atomic E-state index is 12.6. The lowest BCUT2D eigenvalue weighted by molar-refractivity contribution is -0.385. The molecule has 0 aliphatic carbocycles. The van der Waals surface area contributed by atoms with E-state index in [9.17, 15) is 14.9 Å². The lowest BCUT2D eigenvalue weighted by atomic mass is 10.1. The van der Waals surface area contributed by atoms with Gasteiger partial charge in [0, 0.05) is 12.6 Å². The number of rotatable bonds is 7. The first-order valence-corrected chi connectivity index (χ1v) is 7.05. The zero-order valence-electron chi connectivity index (χ0n) is 12.0. The largest absolute Gasteiger partial charge is 0.395 e. The van der Waals surface area contributed by atoms with Gasteiger partial charge in [-0.05, 0) is 18.9 Å². The molecular formula is C13H18ClN3O4. The summed E-state index contributed by atoms with van der Waals surface area (Å²) in [6.45, 7) is 3.73. The van der Waals surface area contributed by atoms with Gasteiger partial charge in [0.1, 0.15) is 16.9 Å². The van der Waals surface area contributed by atoms with E-state index in [0.29, 0.717) is 12.8 Å². The first kappa shape index (κ1) is 17.3. The second kappa shape index (κ2) is 7.90. The zero-order chi connectivity index (χ0) is 16.0. The number of carbonyl (C=O) groups is 1. The molecule has 0 saturated heterocycles. The summed E-state index contributed by atoms with van der Waals surface area (Å²) in [6.07, 6.45) is 2.35. The van der Waals surface area contributed by atoms with Crippen molar-refractivity contribution >= 4 is 23.2 Å². The van der Waals surface area contributed by atoms with E-state index in [2.05, 4.69) is 4.98 Å². The number of halogens is 1. The summed E-state index contributed by atoms with van der Waals surface area (Å²) < 4.78 is 0. The molecule has 0 atom stereocenters. The lowest BCUT2D eigenvalue weighted by Gasteiger charge is -2.29. The standard InChI is InChI=1S/C13H18ClN3O4/c1-3-9(4-2)16(5-6-18)13(19)10-7-12(14)15-8-11(10)17(20)21/h7-9,18H,3-6H2,1-2H3. The molecule has 1 rings (SSSR count). The van der Waals surface area contributed by atoms with Gasteiger partial charge in [0.15, 0.2) is 0 Å². The highest BCUT2D eigenvalue weighted by Gasteiger charge is 2.28. The minimum atomic E-state index is -0.666. The molecule has 21 heavy (non-hydrogen) atoms. The Bertz CT molecular complexity index is 520. The summed E-state index contributed by atoms with van der Waals surface area (Å²) in [6, 6.07) is 1.09. The third kappa shape index (κ3) is 4.12. The molecule has 1 heterocycles. The van der Waals surface area contributed by atoms with Crippen molar-refractivity contribution in [2.75, 3.05) is 13.2 Å². The first-order chi connectivity index (χ1) is 9.96. The number of hydrogen-bond acceptors (Lipinski definition) is 5. The van der Waals surface area contributed by atoms with Crippen LogP contribution in [0.1, 0.15) is 37.0 Å². The summed E-state index contributed by atoms with van der Waals surface area (Å²) in [4.78, 5) is 28.0. The summed E-state index contributed by atoms with van der Waals surface area (Å²) in [5.74, 6) is -0.520. The molecule has 8 heteroatoms. The molecule has 0 aliphatic heterocycles. The van der Waals surface area contributed by atoms with E-state index in [1.807, 2.05) is 13.8 Å². The zero-order valence-corrected chi connectivity index (χ0v) is 12.7. The number of nitrogens with zero attached hydrogens (tertiary/aromatic N) is 3. The molecule has 0 radical (unpaired) electrons. The van der Waals surface area contributed by atoms with Crippen LogP contribution in [0.4, 0.5) is 5.69 Å². The SMILES string of the molecule is CCC(CC)N(CCO)C(=O)c1cc(Cl)ncc1[N+](=O)[O-]. The van der Waals surface area contributed by atoms with E-state index >= 15 is 0 Å². The van der Waals surface area contributed by atoms with Crippen LogP contribution in [0.3, 0.4) is 0 Å². The molecule has 0 spiro atoms. The topological polar surface area (TPSA) is 96.6 Å². The summed E-state index contributed by atoms with van der Waals surface area (Å²) >= 11 is 5.74. The fraction of sp³-hybridized carbons (Fsp3) is 0.538. The van der Waals surface area contributed by atoms with Crippen LogP contribution >= 0.6 is 11.6 Å². The average molecular weight is 316 g/mol. The van der Waals surface area contributed by atoms with E-state index in [0.717, 1.165) is 6.20 Å². The highest BCUT2D eigenvalue weighted by molar-refractivity contribution is 6.29. The Morgan fingerprint density at radius 2 is 2.14 bits per heavy atom. The van der Waals surface area contributed by atoms with E-state index in [-0.39, 0.29) is 29.9 Å². The second-order valence-electron chi connectivity index (χ2n) is 4.47. The summed E-state index contributed by atoms with van der Waals surface area (Å²) in [5, 5.41) is 20.2. The van der Waals surface area contributed by atoms with Crippen molar-refractivity contribution in [2.24, 2.45) is 0 Å². The first-order valence-electron chi connectivity index (χ1n) is 6.67. The predicted molar refractivity (Wildman–Crippen MR) is 78.4 cm³/mol. The van der Waals surface area contributed by atoms with Crippen LogP contribution in [0.5, 0.6) is 0 Å². The van der Waals surface area contributed by atoms with Gasteiger partial charge in [-0.15, -0.1) is 0 Å². The van der Waals surface area contributed by atoms with Gasteiger partial charge in [-0.25, -0.2) is 4.98 Å². The van der Waals surface area contributed by atoms with Gasteiger partial charge < -0.3 is 10.0 Å². The number of carbonyl (C=O) groups excluding carboxylic acids is 1. The third-order valence-corrected chi connectivity index (χ3v) is 3.47. The Labute approximate surface area is 127 Å². The molecular weight excluding hydrogens is 298 g/mol. The molecule has 7 nitrogen and oxygen atoms in total. The summed E-state index contributed by atoms with van der Waals surface area (Å²) in [7, 11) is 0. The number of aromatic nitrogens is 1. The number of pyridine rings is 1. The van der Waals surface area contributed by atoms with Crippen LogP contribution in [0.15, 0.2) is 12.3 Å². The Morgan fingerprint density at radius 3 is 2.62 bits per heavy atom. The smallest absolute Gasteiger partial charge is 0.300 e. The number of aliphatic hydroxyl groups is 1. The van der Waals surface area contributed by atoms with Gasteiger partial charge in [-0.1, -0.05) is 25.4 Å². The van der Waals surface area contributed by atoms with E-state index in [1.165, 1.54) is 11.0 Å². The molecule has 0 saturated carbocycles. The number of amides is 1. The minimum absolute atomic E-state index is 0.0115. The van der Waals surface area contributed by atoms with Crippen LogP contribution in [0.2, 0.25) is 5.15 Å². The van der Waals surface area contributed by atoms with Crippen molar-refractivity contribution in [3.8, 4) is 0 Å². The number of hydrogen-bond donors (Lipinski definition) is 1. The highest BCUT2D eigenvalue weighted by atomic mass is 35.5. The van der Waals surface area contributed by atoms with Crippen molar-refractivity contribution in [2.45, 2.75) is 32.7 Å². The fourth-order valence-corrected chi connectivity index (χ4v) is 2.34. The van der Waals surface area contributed by atoms with Crippen molar-refractivity contribution in [1.82, 2.24) is 9.88 Å². The van der Waals surface area contributed by atoms with Crippen molar-refractivity contribution < 1.29 is 14.8 Å². The van der Waals surface area contributed by atoms with Crippen LogP contribution in [-0.4, -0.2) is 45.0 Å². The number of nitro groups is 1. The molecule has 0 aliphatic rings. The van der Waals surface area contributed by atoms with E-state index < -0.39 is 16.5 Å². The van der Waals surface area contributed by atoms with Gasteiger partial charge in [-0.3, -0.25) is 14.9 Å². The molecule has 0 bridgehead atoms. The molecule has 1 aromatic rings. The van der Waals surface area contributed by atoms with Crippen molar-refractivity contribution in [3.05, 3.63) is 33.1 Å². The van der Waals surface area contributed by atoms with E-state index in [1.54, 1.807) is 0 Å². The monoisotopic (exact) mass is 315 g/mol. The maximum atomic E-state index is 12.6. The predicted octanol–water partition coefficient (Wildman–Crippen LogP) is 2.27. The Hall–Kier alpha value is -1.73. The van der Waals surface area contributed by atoms with Crippen LogP contribution in [0, 0.1) is 10.1 Å². The Balaban J connectivity index is 3.25. The molecule has 0 unspecified atom stereocenters. The summed E-state index contributed by atoms with van der Waals surface area (Å²) in [5.41, 5.74) is -0.501. The highest BCUT2D eigenvalue weighted by Crippen LogP contribution is 2.23. The van der Waals surface area contributed by atoms with Gasteiger partial charge >= 0.3 is 0 Å². The van der Waals surface area contributed by atoms with E-state index in [4.69, 9.17) is 16.7 Å². The molecule has 0 fully saturated rings. The van der Waals surface area contributed by atoms with Gasteiger partial charge in [0.05, 0.1) is 11.5 Å². The molecule has 1 N–H and O–H groups in total. The van der Waals surface area contributed by atoms with Gasteiger partial charge in [0.25, 0.3) is 11.6 Å². The number of aliphatic hydroxyl groups excluding tert-OH is 1. The Morgan fingerprint density at radius 1 is 1.52 bits per heavy atom. The van der Waals surface area contributed by atoms with Crippen molar-refractivity contribution in [1.29, 1.82) is 0 Å². The van der Waals surface area contributed by atoms with Crippen LogP contribution in [-0.2, 0) is 0 Å². The minimum Gasteiger partial charge on any atom is -0.395 e. The Kier molecular flexibility index (Phi) is 6.51. The second-order valence-corrected chi connectivity index (χ2v) is 4.86. The average Bonchev–Trinajstić information content (AvgIpc) is 2.46. The molecule has 116 valence electrons. The maximum Gasteiger partial charge on any atom is 0.300 e. The normalized spacial score (nSPS) is 10.7. The fourth-order valence-electron chi connectivity index (χ4n) is 2.18. The quantitative estimate of drug-likeness (QED) is 0.473. The van der Waals surface area contributed by atoms with Crippen molar-refractivity contribution in [3.63, 3.8) is 0 Å².